The number of amides is 1. The van der Waals surface area contributed by atoms with Crippen LogP contribution >= 0.6 is 22.9 Å². The average Bonchev–Trinajstić information content (AvgIpc) is 3.18. The molecule has 0 unspecified atom stereocenters. The van der Waals surface area contributed by atoms with Gasteiger partial charge in [0.15, 0.2) is 5.01 Å². The fourth-order valence-electron chi connectivity index (χ4n) is 2.64. The van der Waals surface area contributed by atoms with Crippen molar-refractivity contribution < 1.29 is 4.79 Å². The van der Waals surface area contributed by atoms with Gasteiger partial charge in [-0.25, -0.2) is 4.68 Å². The van der Waals surface area contributed by atoms with Crippen LogP contribution in [0.2, 0.25) is 5.02 Å². The van der Waals surface area contributed by atoms with Crippen LogP contribution in [-0.2, 0) is 11.3 Å². The molecule has 29 heavy (non-hydrogen) atoms. The third-order valence-corrected chi connectivity index (χ3v) is 5.21. The summed E-state index contributed by atoms with van der Waals surface area (Å²) in [6.07, 6.45) is 0. The van der Waals surface area contributed by atoms with Gasteiger partial charge in [0.2, 0.25) is 11.0 Å². The highest BCUT2D eigenvalue weighted by Gasteiger charge is 2.13. The molecular weight excluding hydrogens is 410 g/mol. The molecule has 2 aromatic carbocycles. The van der Waals surface area contributed by atoms with Crippen LogP contribution in [0.4, 0.5) is 5.13 Å². The lowest BCUT2D eigenvalue weighted by atomic mass is 10.1. The number of carbonyl (C=O) groups excluding carboxylic acids is 1. The number of aromatic nitrogens is 4. The fourth-order valence-corrected chi connectivity index (χ4v) is 3.72. The summed E-state index contributed by atoms with van der Waals surface area (Å²) in [7, 11) is 0. The summed E-state index contributed by atoms with van der Waals surface area (Å²) in [5.41, 5.74) is 1.83. The second-order valence-corrected chi connectivity index (χ2v) is 7.41. The number of rotatable bonds is 5. The monoisotopic (exact) mass is 423 g/mol. The van der Waals surface area contributed by atoms with E-state index in [-0.39, 0.29) is 12.1 Å². The van der Waals surface area contributed by atoms with Crippen molar-refractivity contribution in [3.63, 3.8) is 0 Å². The van der Waals surface area contributed by atoms with E-state index in [0.717, 1.165) is 15.8 Å². The van der Waals surface area contributed by atoms with E-state index in [1.807, 2.05) is 48.5 Å². The zero-order valence-electron chi connectivity index (χ0n) is 14.9. The van der Waals surface area contributed by atoms with Gasteiger partial charge in [0.05, 0.1) is 10.7 Å². The first-order chi connectivity index (χ1) is 14.1. The lowest BCUT2D eigenvalue weighted by Crippen LogP contribution is -2.29. The molecule has 0 saturated heterocycles. The minimum atomic E-state index is -0.424. The second kappa shape index (κ2) is 8.34. The summed E-state index contributed by atoms with van der Waals surface area (Å²) in [4.78, 5) is 24.5. The summed E-state index contributed by atoms with van der Waals surface area (Å²) >= 11 is 7.37. The van der Waals surface area contributed by atoms with Crippen LogP contribution in [0.1, 0.15) is 0 Å². The van der Waals surface area contributed by atoms with Gasteiger partial charge in [0.1, 0.15) is 6.54 Å². The molecule has 0 radical (unpaired) electrons. The Morgan fingerprint density at radius 3 is 2.55 bits per heavy atom. The van der Waals surface area contributed by atoms with Gasteiger partial charge in [0.25, 0.3) is 5.56 Å². The Morgan fingerprint density at radius 2 is 1.76 bits per heavy atom. The van der Waals surface area contributed by atoms with Crippen molar-refractivity contribution in [2.45, 2.75) is 6.54 Å². The molecule has 0 spiro atoms. The normalized spacial score (nSPS) is 10.7. The lowest BCUT2D eigenvalue weighted by Gasteiger charge is -2.06. The van der Waals surface area contributed by atoms with Gasteiger partial charge in [-0.2, -0.15) is 5.10 Å². The molecule has 144 valence electrons. The smallest absolute Gasteiger partial charge is 0.267 e. The van der Waals surface area contributed by atoms with Crippen LogP contribution < -0.4 is 10.9 Å². The zero-order chi connectivity index (χ0) is 20.2. The van der Waals surface area contributed by atoms with Crippen molar-refractivity contribution in [2.75, 3.05) is 5.32 Å². The van der Waals surface area contributed by atoms with Crippen LogP contribution in [0.3, 0.4) is 0 Å². The predicted molar refractivity (Wildman–Crippen MR) is 113 cm³/mol. The number of carbonyl (C=O) groups is 1. The summed E-state index contributed by atoms with van der Waals surface area (Å²) in [5.74, 6) is -0.424. The number of nitrogens with zero attached hydrogens (tertiary/aromatic N) is 4. The Kier molecular flexibility index (Phi) is 5.46. The number of nitrogens with one attached hydrogen (secondary N) is 1. The molecule has 0 atom stereocenters. The largest absolute Gasteiger partial charge is 0.299 e. The molecule has 4 aromatic rings. The van der Waals surface area contributed by atoms with Gasteiger partial charge in [-0.15, -0.1) is 10.2 Å². The highest BCUT2D eigenvalue weighted by molar-refractivity contribution is 7.18. The number of halogens is 1. The molecule has 0 bridgehead atoms. The molecular formula is C20H14ClN5O2S. The summed E-state index contributed by atoms with van der Waals surface area (Å²) in [6.45, 7) is -0.236. The Hall–Kier alpha value is -3.36. The molecule has 1 amide bonds. The first-order valence-corrected chi connectivity index (χ1v) is 9.81. The number of benzene rings is 2. The molecule has 0 aliphatic carbocycles. The molecule has 0 aliphatic heterocycles. The van der Waals surface area contributed by atoms with Crippen molar-refractivity contribution in [3.05, 3.63) is 82.1 Å². The van der Waals surface area contributed by atoms with Gasteiger partial charge in [-0.05, 0) is 12.1 Å². The third-order valence-electron chi connectivity index (χ3n) is 4.01. The van der Waals surface area contributed by atoms with E-state index in [1.165, 1.54) is 17.4 Å². The molecule has 1 N–H and O–H groups in total. The van der Waals surface area contributed by atoms with Crippen LogP contribution in [-0.4, -0.2) is 25.9 Å². The summed E-state index contributed by atoms with van der Waals surface area (Å²) < 4.78 is 1.12. The van der Waals surface area contributed by atoms with E-state index < -0.39 is 5.91 Å². The topological polar surface area (TPSA) is 89.8 Å². The molecule has 2 aromatic heterocycles. The van der Waals surface area contributed by atoms with E-state index in [2.05, 4.69) is 20.6 Å². The predicted octanol–water partition coefficient (Wildman–Crippen LogP) is 3.72. The lowest BCUT2D eigenvalue weighted by molar-refractivity contribution is -0.117. The first-order valence-electron chi connectivity index (χ1n) is 8.62. The Balaban J connectivity index is 1.50. The minimum Gasteiger partial charge on any atom is -0.299 e. The Morgan fingerprint density at radius 1 is 1.00 bits per heavy atom. The van der Waals surface area contributed by atoms with Crippen LogP contribution in [0.5, 0.6) is 0 Å². The van der Waals surface area contributed by atoms with E-state index in [4.69, 9.17) is 11.6 Å². The van der Waals surface area contributed by atoms with E-state index in [0.29, 0.717) is 20.9 Å². The van der Waals surface area contributed by atoms with Crippen molar-refractivity contribution in [2.24, 2.45) is 0 Å². The molecule has 9 heteroatoms. The van der Waals surface area contributed by atoms with Gasteiger partial charge in [0, 0.05) is 17.2 Å². The van der Waals surface area contributed by atoms with Gasteiger partial charge in [-0.1, -0.05) is 71.5 Å². The summed E-state index contributed by atoms with van der Waals surface area (Å²) in [6, 6.07) is 19.7. The fraction of sp³-hybridized carbons (Fsp3) is 0.0500. The average molecular weight is 424 g/mol. The quantitative estimate of drug-likeness (QED) is 0.528. The molecule has 7 nitrogen and oxygen atoms in total. The maximum Gasteiger partial charge on any atom is 0.267 e. The SMILES string of the molecule is O=C(Cn1nc(-c2ccccc2)ccc1=O)Nc1nnc(-c2ccccc2Cl)s1. The second-order valence-electron chi connectivity index (χ2n) is 6.02. The number of anilines is 1. The van der Waals surface area contributed by atoms with Crippen LogP contribution in [0.15, 0.2) is 71.5 Å². The van der Waals surface area contributed by atoms with Gasteiger partial charge in [-0.3, -0.25) is 14.9 Å². The van der Waals surface area contributed by atoms with Crippen molar-refractivity contribution >= 4 is 34.0 Å². The van der Waals surface area contributed by atoms with Gasteiger partial charge < -0.3 is 0 Å². The van der Waals surface area contributed by atoms with E-state index >= 15 is 0 Å². The van der Waals surface area contributed by atoms with Crippen molar-refractivity contribution in [1.82, 2.24) is 20.0 Å². The first kappa shape index (κ1) is 19.0. The summed E-state index contributed by atoms with van der Waals surface area (Å²) in [5, 5.41) is 16.4. The highest BCUT2D eigenvalue weighted by Crippen LogP contribution is 2.31. The van der Waals surface area contributed by atoms with Crippen LogP contribution in [0, 0.1) is 0 Å². The molecule has 2 heterocycles. The minimum absolute atomic E-state index is 0.236. The maximum atomic E-state index is 12.4. The third kappa shape index (κ3) is 4.39. The zero-order valence-corrected chi connectivity index (χ0v) is 16.5. The number of hydrogen-bond donors (Lipinski definition) is 1. The molecule has 4 rings (SSSR count). The Labute approximate surface area is 174 Å². The highest BCUT2D eigenvalue weighted by atomic mass is 35.5. The van der Waals surface area contributed by atoms with Gasteiger partial charge >= 0.3 is 0 Å². The molecule has 0 aliphatic rings. The maximum absolute atomic E-state index is 12.4. The molecule has 0 saturated carbocycles. The molecule has 0 fully saturated rings. The van der Waals surface area contributed by atoms with Crippen LogP contribution in [0.25, 0.3) is 21.8 Å². The van der Waals surface area contributed by atoms with E-state index in [9.17, 15) is 9.59 Å². The van der Waals surface area contributed by atoms with E-state index in [1.54, 1.807) is 12.1 Å². The van der Waals surface area contributed by atoms with Crippen molar-refractivity contribution in [3.8, 4) is 21.8 Å². The van der Waals surface area contributed by atoms with Crippen molar-refractivity contribution in [1.29, 1.82) is 0 Å². The Bertz CT molecular complexity index is 1220. The number of hydrogen-bond acceptors (Lipinski definition) is 6. The standard InChI is InChI=1S/C20H14ClN5O2S/c21-15-9-5-4-8-14(15)19-23-24-20(29-19)22-17(27)12-26-18(28)11-10-16(25-26)13-6-2-1-3-7-13/h1-11H,12H2,(H,22,24,27).